The van der Waals surface area contributed by atoms with Gasteiger partial charge in [0.1, 0.15) is 0 Å². The predicted molar refractivity (Wildman–Crippen MR) is 360 cm³/mol. The van der Waals surface area contributed by atoms with E-state index >= 15 is 0 Å². The van der Waals surface area contributed by atoms with E-state index in [-0.39, 0.29) is 0 Å². The number of allylic oxidation sites excluding steroid dienone is 4. The van der Waals surface area contributed by atoms with Crippen LogP contribution in [0.3, 0.4) is 0 Å². The van der Waals surface area contributed by atoms with E-state index in [1.807, 2.05) is 68.6 Å². The fourth-order valence-corrected chi connectivity index (χ4v) is 15.2. The Bertz CT molecular complexity index is 3820. The van der Waals surface area contributed by atoms with Gasteiger partial charge >= 0.3 is 0 Å². The Labute approximate surface area is 526 Å². The molecule has 448 valence electrons. The Hall–Kier alpha value is -7.05. The molecule has 10 nitrogen and oxygen atoms in total. The molecule has 87 heavy (non-hydrogen) atoms. The van der Waals surface area contributed by atoms with Gasteiger partial charge in [-0.3, -0.25) is 15.0 Å². The normalized spacial score (nSPS) is 19.9. The van der Waals surface area contributed by atoms with Crippen molar-refractivity contribution in [2.75, 3.05) is 60.4 Å². The van der Waals surface area contributed by atoms with Crippen LogP contribution in [0.5, 0.6) is 0 Å². The summed E-state index contributed by atoms with van der Waals surface area (Å²) < 4.78 is 4.42. The van der Waals surface area contributed by atoms with Gasteiger partial charge in [0.15, 0.2) is 0 Å². The van der Waals surface area contributed by atoms with E-state index in [0.717, 1.165) is 73.4 Å². The van der Waals surface area contributed by atoms with Gasteiger partial charge in [-0.05, 0) is 278 Å². The topological polar surface area (TPSA) is 84.0 Å². The number of nitrogens with zero attached hydrogens (tertiary/aromatic N) is 10. The number of piperidine rings is 3. The number of imidazole rings is 2. The van der Waals surface area contributed by atoms with Gasteiger partial charge in [0.05, 0.1) is 35.4 Å². The Morgan fingerprint density at radius 3 is 1.43 bits per heavy atom. The molecule has 3 fully saturated rings. The molecule has 0 amide bonds. The van der Waals surface area contributed by atoms with Crippen LogP contribution in [0, 0.1) is 38.5 Å². The molecular weight excluding hydrogens is 1110 g/mol. The highest BCUT2D eigenvalue weighted by atomic mass is 35.5. The number of halogens is 2. The number of hydrogen-bond acceptors (Lipinski definition) is 8. The second-order valence-electron chi connectivity index (χ2n) is 25.5. The number of pyridine rings is 3. The average Bonchev–Trinajstić information content (AvgIpc) is 2.14. The molecule has 3 aliphatic heterocycles. The lowest BCUT2D eigenvalue weighted by Crippen LogP contribution is -2.33. The third-order valence-electron chi connectivity index (χ3n) is 19.6. The highest BCUT2D eigenvalue weighted by Gasteiger charge is 2.37. The maximum atomic E-state index is 6.51. The van der Waals surface area contributed by atoms with Gasteiger partial charge < -0.3 is 23.8 Å². The molecule has 0 saturated carbocycles. The molecule has 6 aliphatic rings. The minimum atomic E-state index is 0.307. The summed E-state index contributed by atoms with van der Waals surface area (Å²) in [5, 5.41) is 1.57. The van der Waals surface area contributed by atoms with Crippen LogP contribution in [0.15, 0.2) is 147 Å². The van der Waals surface area contributed by atoms with Crippen molar-refractivity contribution < 1.29 is 0 Å². The van der Waals surface area contributed by atoms with Crippen LogP contribution in [0.2, 0.25) is 10.0 Å². The number of rotatable bonds is 10. The molecule has 5 aromatic heterocycles. The zero-order chi connectivity index (χ0) is 60.1. The number of likely N-dealkylation sites (tertiary alicyclic amines) is 3. The van der Waals surface area contributed by atoms with Gasteiger partial charge in [-0.1, -0.05) is 90.0 Å². The summed E-state index contributed by atoms with van der Waals surface area (Å²) in [5.41, 5.74) is 22.9. The second-order valence-corrected chi connectivity index (χ2v) is 26.3. The summed E-state index contributed by atoms with van der Waals surface area (Å²) in [6.07, 6.45) is 31.8. The maximum Gasteiger partial charge on any atom is 0.0949 e. The van der Waals surface area contributed by atoms with Crippen LogP contribution in [-0.2, 0) is 13.1 Å². The zero-order valence-corrected chi connectivity index (χ0v) is 53.2. The number of hydrogen-bond donors (Lipinski definition) is 0. The van der Waals surface area contributed by atoms with Gasteiger partial charge in [0, 0.05) is 77.6 Å². The van der Waals surface area contributed by atoms with Crippen molar-refractivity contribution in [1.29, 1.82) is 0 Å². The Balaban J connectivity index is 0.000000128. The SMILES string of the molecule is C=CC1=Cc2cccnc2C(C2CCN(C)CC2)c2ccc(Cl)cc21.Cc1ccc2c(c1)C(CCn1cncc1C)=Cc1cccnc1C2C1CCN(C)CC1.Cc1cn(CCC2=Cc3cccnc3C(C3CCN(C)CC3)c3ccc(Cl)cc32)cn1. The smallest absolute Gasteiger partial charge is 0.0949 e. The number of aryl methyl sites for hydroxylation is 5. The molecule has 0 radical (unpaired) electrons. The van der Waals surface area contributed by atoms with Gasteiger partial charge in [-0.15, -0.1) is 0 Å². The first-order valence-corrected chi connectivity index (χ1v) is 32.4. The molecule has 0 N–H and O–H groups in total. The van der Waals surface area contributed by atoms with Gasteiger partial charge in [0.25, 0.3) is 0 Å². The van der Waals surface area contributed by atoms with E-state index in [2.05, 4.69) is 173 Å². The number of fused-ring (bicyclic) bond motifs is 6. The van der Waals surface area contributed by atoms with E-state index < -0.39 is 0 Å². The molecule has 3 unspecified atom stereocenters. The van der Waals surface area contributed by atoms with Crippen molar-refractivity contribution in [3.63, 3.8) is 0 Å². The van der Waals surface area contributed by atoms with Crippen LogP contribution in [0.1, 0.15) is 153 Å². The zero-order valence-electron chi connectivity index (χ0n) is 51.7. The van der Waals surface area contributed by atoms with Gasteiger partial charge in [-0.2, -0.15) is 0 Å². The highest BCUT2D eigenvalue weighted by molar-refractivity contribution is 6.31. The molecule has 12 heteroatoms. The first-order chi connectivity index (χ1) is 42.3. The van der Waals surface area contributed by atoms with Crippen LogP contribution in [0.25, 0.3) is 34.9 Å². The molecule has 3 atom stereocenters. The van der Waals surface area contributed by atoms with E-state index in [9.17, 15) is 0 Å². The molecule has 8 aromatic rings. The van der Waals surface area contributed by atoms with Crippen molar-refractivity contribution in [3.8, 4) is 0 Å². The van der Waals surface area contributed by atoms with E-state index in [4.69, 9.17) is 38.2 Å². The first-order valence-electron chi connectivity index (χ1n) is 31.7. The van der Waals surface area contributed by atoms with Crippen molar-refractivity contribution >= 4 is 58.1 Å². The summed E-state index contributed by atoms with van der Waals surface area (Å²) in [6.45, 7) is 19.2. The Kier molecular flexibility index (Phi) is 18.8. The minimum Gasteiger partial charge on any atom is -0.337 e. The lowest BCUT2D eigenvalue weighted by Gasteiger charge is -2.35. The number of aromatic nitrogens is 7. The van der Waals surface area contributed by atoms with Gasteiger partial charge in [0.2, 0.25) is 0 Å². The summed E-state index contributed by atoms with van der Waals surface area (Å²) in [5.74, 6) is 2.81. The molecule has 3 aromatic carbocycles. The van der Waals surface area contributed by atoms with Crippen molar-refractivity contribution in [1.82, 2.24) is 48.8 Å². The molecule has 0 bridgehead atoms. The lowest BCUT2D eigenvalue weighted by atomic mass is 9.75. The average molecular weight is 1200 g/mol. The largest absolute Gasteiger partial charge is 0.337 e. The van der Waals surface area contributed by atoms with Crippen LogP contribution in [-0.4, -0.2) is 109 Å². The van der Waals surface area contributed by atoms with Crippen LogP contribution >= 0.6 is 23.2 Å². The summed E-state index contributed by atoms with van der Waals surface area (Å²) in [6, 6.07) is 32.6. The highest BCUT2D eigenvalue weighted by Crippen LogP contribution is 2.49. The summed E-state index contributed by atoms with van der Waals surface area (Å²) >= 11 is 12.8. The lowest BCUT2D eigenvalue weighted by molar-refractivity contribution is 0.206. The summed E-state index contributed by atoms with van der Waals surface area (Å²) in [7, 11) is 6.67. The summed E-state index contributed by atoms with van der Waals surface area (Å²) in [4.78, 5) is 30.7. The minimum absolute atomic E-state index is 0.307. The Morgan fingerprint density at radius 1 is 0.517 bits per heavy atom. The second kappa shape index (κ2) is 27.1. The van der Waals surface area contributed by atoms with E-state index in [0.29, 0.717) is 35.5 Å². The van der Waals surface area contributed by atoms with Crippen molar-refractivity contribution in [2.45, 2.75) is 103 Å². The molecule has 14 rings (SSSR count). The molecule has 3 saturated heterocycles. The molecule has 0 spiro atoms. The maximum absolute atomic E-state index is 6.51. The van der Waals surface area contributed by atoms with Crippen molar-refractivity contribution in [2.24, 2.45) is 17.8 Å². The van der Waals surface area contributed by atoms with Crippen LogP contribution < -0.4 is 0 Å². The molecule has 3 aliphatic carbocycles. The third kappa shape index (κ3) is 13.5. The first kappa shape index (κ1) is 60.2. The quantitative estimate of drug-likeness (QED) is 0.134. The molecule has 8 heterocycles. The fourth-order valence-electron chi connectivity index (χ4n) is 14.8. The molecular formula is C75H84Cl2N10. The predicted octanol–water partition coefficient (Wildman–Crippen LogP) is 16.2. The van der Waals surface area contributed by atoms with E-state index in [1.54, 1.807) is 0 Å². The van der Waals surface area contributed by atoms with Gasteiger partial charge in [-0.25, -0.2) is 9.97 Å². The van der Waals surface area contributed by atoms with Crippen LogP contribution in [0.4, 0.5) is 0 Å². The fraction of sp³-hybridized carbons (Fsp3) is 0.373. The standard InChI is InChI=1S/C27H32N4.C26H29ClN4.C22H23ClN2/c1-19-6-7-24-25(15-19)22(10-14-31-18-28-17-20(31)2)16-23-5-4-11-29-27(23)26(24)21-8-12-30(3)13-9-21;1-18-16-31(17-29-18)13-9-20-14-21-4-3-10-28-26(21)25(19-7-11-30(2)12-8-19)23-6-5-22(27)15-24(20)23;1-3-15-13-17-5-4-10-24-22(17)21(16-8-11-25(2)12-9-16)19-7-6-18(23)14-20(15)19/h4-7,11,15-18,21,26H,8-10,12-14H2,1-3H3;3-6,10,14-17,19,25H,7-9,11-13H2,1-2H3;3-7,10,13-14,16,21H,1,8-9,11-12H2,2H3. The van der Waals surface area contributed by atoms with Crippen molar-refractivity contribution in [3.05, 3.63) is 241 Å². The third-order valence-corrected chi connectivity index (χ3v) is 20.1. The Morgan fingerprint density at radius 2 is 0.966 bits per heavy atom. The van der Waals surface area contributed by atoms with E-state index in [1.165, 1.54) is 141 Å². The monoisotopic (exact) mass is 1190 g/mol. The number of benzene rings is 3.